The summed E-state index contributed by atoms with van der Waals surface area (Å²) in [5.41, 5.74) is 0.977. The number of hydrogen-bond donors (Lipinski definition) is 1. The first-order chi connectivity index (χ1) is 12.9. The van der Waals surface area contributed by atoms with Gasteiger partial charge in [0.05, 0.1) is 0 Å². The molecule has 1 amide bonds. The van der Waals surface area contributed by atoms with E-state index >= 15 is 0 Å². The van der Waals surface area contributed by atoms with Gasteiger partial charge in [-0.1, -0.05) is 29.5 Å². The monoisotopic (exact) mass is 407 g/mol. The summed E-state index contributed by atoms with van der Waals surface area (Å²) in [4.78, 5) is 27.8. The molecule has 0 aliphatic carbocycles. The van der Waals surface area contributed by atoms with Crippen molar-refractivity contribution < 1.29 is 17.6 Å². The number of para-hydroxylation sites is 1. The van der Waals surface area contributed by atoms with Gasteiger partial charge in [-0.05, 0) is 19.1 Å². The van der Waals surface area contributed by atoms with E-state index in [4.69, 9.17) is 4.42 Å². The van der Waals surface area contributed by atoms with E-state index in [1.165, 1.54) is 4.31 Å². The number of thiazole rings is 1. The van der Waals surface area contributed by atoms with Crippen LogP contribution in [0.1, 0.15) is 16.2 Å². The van der Waals surface area contributed by atoms with Crippen molar-refractivity contribution in [3.63, 3.8) is 0 Å². The number of piperazine rings is 1. The summed E-state index contributed by atoms with van der Waals surface area (Å²) in [6.07, 6.45) is 0. The van der Waals surface area contributed by atoms with Crippen molar-refractivity contribution >= 4 is 38.2 Å². The molecule has 27 heavy (non-hydrogen) atoms. The molecule has 2 aromatic heterocycles. The predicted molar refractivity (Wildman–Crippen MR) is 101 cm³/mol. The van der Waals surface area contributed by atoms with Gasteiger partial charge in [0, 0.05) is 37.3 Å². The molecule has 0 radical (unpaired) electrons. The van der Waals surface area contributed by atoms with E-state index in [1.54, 1.807) is 24.0 Å². The molecule has 3 aromatic rings. The molecule has 8 nitrogen and oxygen atoms in total. The number of sulfonamides is 1. The van der Waals surface area contributed by atoms with E-state index in [0.29, 0.717) is 22.6 Å². The number of carbonyl (C=O) groups excluding carboxylic acids is 1. The van der Waals surface area contributed by atoms with Crippen molar-refractivity contribution in [1.82, 2.24) is 14.2 Å². The third-order valence-corrected chi connectivity index (χ3v) is 8.00. The fourth-order valence-corrected chi connectivity index (χ4v) is 5.99. The van der Waals surface area contributed by atoms with E-state index in [-0.39, 0.29) is 42.1 Å². The van der Waals surface area contributed by atoms with Crippen LogP contribution in [0.3, 0.4) is 0 Å². The van der Waals surface area contributed by atoms with Gasteiger partial charge in [-0.3, -0.25) is 9.59 Å². The summed E-state index contributed by atoms with van der Waals surface area (Å²) < 4.78 is 32.4. The Hall–Kier alpha value is -2.43. The van der Waals surface area contributed by atoms with Crippen LogP contribution in [0.5, 0.6) is 0 Å². The Morgan fingerprint density at radius 1 is 1.19 bits per heavy atom. The number of rotatable bonds is 3. The van der Waals surface area contributed by atoms with E-state index < -0.39 is 14.9 Å². The van der Waals surface area contributed by atoms with Crippen molar-refractivity contribution in [2.24, 2.45) is 0 Å². The molecular formula is C17H17N3O5S2. The van der Waals surface area contributed by atoms with Crippen LogP contribution in [0, 0.1) is 6.92 Å². The predicted octanol–water partition coefficient (Wildman–Crippen LogP) is 1.64. The SMILES string of the molecule is Cc1[nH]c(=O)sc1S(=O)(=O)N1CCN(C(=O)c2cc3ccccc3o2)CC1. The van der Waals surface area contributed by atoms with Crippen LogP contribution in [0.25, 0.3) is 11.0 Å². The van der Waals surface area contributed by atoms with E-state index in [2.05, 4.69) is 4.98 Å². The number of hydrogen-bond acceptors (Lipinski definition) is 6. The molecule has 0 unspecified atom stereocenters. The Balaban J connectivity index is 1.49. The van der Waals surface area contributed by atoms with Crippen molar-refractivity contribution in [3.05, 3.63) is 51.5 Å². The Morgan fingerprint density at radius 2 is 1.89 bits per heavy atom. The maximum absolute atomic E-state index is 12.7. The lowest BCUT2D eigenvalue weighted by Gasteiger charge is -2.33. The zero-order chi connectivity index (χ0) is 19.2. The van der Waals surface area contributed by atoms with Gasteiger partial charge in [0.25, 0.3) is 15.9 Å². The number of H-pyrrole nitrogens is 1. The number of carbonyl (C=O) groups is 1. The molecule has 1 aromatic carbocycles. The van der Waals surface area contributed by atoms with Gasteiger partial charge in [0.1, 0.15) is 5.58 Å². The van der Waals surface area contributed by atoms with Gasteiger partial charge in [0.15, 0.2) is 9.97 Å². The minimum Gasteiger partial charge on any atom is -0.451 e. The lowest BCUT2D eigenvalue weighted by atomic mass is 10.2. The highest BCUT2D eigenvalue weighted by Crippen LogP contribution is 2.24. The van der Waals surface area contributed by atoms with E-state index in [1.807, 2.05) is 18.2 Å². The van der Waals surface area contributed by atoms with Gasteiger partial charge < -0.3 is 14.3 Å². The van der Waals surface area contributed by atoms with E-state index in [0.717, 1.165) is 5.39 Å². The zero-order valence-electron chi connectivity index (χ0n) is 14.5. The fraction of sp³-hybridized carbons (Fsp3) is 0.294. The second-order valence-corrected chi connectivity index (χ2v) is 9.39. The number of benzene rings is 1. The molecule has 1 aliphatic heterocycles. The number of aryl methyl sites for hydroxylation is 1. The zero-order valence-corrected chi connectivity index (χ0v) is 16.1. The number of furan rings is 1. The largest absolute Gasteiger partial charge is 0.451 e. The van der Waals surface area contributed by atoms with E-state index in [9.17, 15) is 18.0 Å². The van der Waals surface area contributed by atoms with Gasteiger partial charge in [-0.15, -0.1) is 0 Å². The Kier molecular flexibility index (Phi) is 4.41. The van der Waals surface area contributed by atoms with Gasteiger partial charge in [0.2, 0.25) is 0 Å². The summed E-state index contributed by atoms with van der Waals surface area (Å²) in [7, 11) is -3.75. The highest BCUT2D eigenvalue weighted by Gasteiger charge is 2.33. The molecule has 1 aliphatic rings. The lowest BCUT2D eigenvalue weighted by Crippen LogP contribution is -2.50. The van der Waals surface area contributed by atoms with Crippen LogP contribution >= 0.6 is 11.3 Å². The van der Waals surface area contributed by atoms with Crippen molar-refractivity contribution in [2.45, 2.75) is 11.1 Å². The summed E-state index contributed by atoms with van der Waals surface area (Å²) in [5, 5.41) is 0.847. The topological polar surface area (TPSA) is 104 Å². The molecule has 1 N–H and O–H groups in total. The van der Waals surface area contributed by atoms with Crippen LogP contribution in [-0.2, 0) is 10.0 Å². The number of nitrogens with zero attached hydrogens (tertiary/aromatic N) is 2. The second kappa shape index (κ2) is 6.63. The lowest BCUT2D eigenvalue weighted by molar-refractivity contribution is 0.0668. The molecule has 3 heterocycles. The summed E-state index contributed by atoms with van der Waals surface area (Å²) in [6, 6.07) is 9.06. The first-order valence-corrected chi connectivity index (χ1v) is 10.6. The molecule has 0 saturated carbocycles. The summed E-state index contributed by atoms with van der Waals surface area (Å²) >= 11 is 0.685. The smallest absolute Gasteiger partial charge is 0.305 e. The normalized spacial score (nSPS) is 16.1. The molecule has 1 fully saturated rings. The highest BCUT2D eigenvalue weighted by atomic mass is 32.2. The van der Waals surface area contributed by atoms with Gasteiger partial charge in [-0.25, -0.2) is 8.42 Å². The molecule has 10 heteroatoms. The van der Waals surface area contributed by atoms with Crippen LogP contribution in [0.15, 0.2) is 43.8 Å². The molecule has 0 bridgehead atoms. The van der Waals surface area contributed by atoms with Crippen molar-refractivity contribution in [2.75, 3.05) is 26.2 Å². The highest BCUT2D eigenvalue weighted by molar-refractivity contribution is 7.91. The second-order valence-electron chi connectivity index (χ2n) is 6.27. The fourth-order valence-electron chi connectivity index (χ4n) is 3.13. The quantitative estimate of drug-likeness (QED) is 0.711. The average molecular weight is 407 g/mol. The first kappa shape index (κ1) is 18.0. The Labute approximate surface area is 159 Å². The number of fused-ring (bicyclic) bond motifs is 1. The Bertz CT molecular complexity index is 1130. The van der Waals surface area contributed by atoms with Crippen molar-refractivity contribution in [3.8, 4) is 0 Å². The number of nitrogens with one attached hydrogen (secondary N) is 1. The van der Waals surface area contributed by atoms with Crippen molar-refractivity contribution in [1.29, 1.82) is 0 Å². The molecule has 1 saturated heterocycles. The third-order valence-electron chi connectivity index (χ3n) is 4.52. The van der Waals surface area contributed by atoms with Gasteiger partial charge >= 0.3 is 4.87 Å². The number of amides is 1. The van der Waals surface area contributed by atoms with Crippen LogP contribution in [0.4, 0.5) is 0 Å². The molecular weight excluding hydrogens is 390 g/mol. The van der Waals surface area contributed by atoms with Gasteiger partial charge in [-0.2, -0.15) is 4.31 Å². The maximum Gasteiger partial charge on any atom is 0.305 e. The maximum atomic E-state index is 12.7. The molecule has 0 spiro atoms. The summed E-state index contributed by atoms with van der Waals surface area (Å²) in [5.74, 6) is -0.0158. The molecule has 142 valence electrons. The number of aromatic nitrogens is 1. The van der Waals surface area contributed by atoms with Crippen LogP contribution in [-0.4, -0.2) is 54.7 Å². The minimum absolute atomic E-state index is 0.0320. The average Bonchev–Trinajstić information content (AvgIpc) is 3.24. The standard InChI is InChI=1S/C17H17N3O5S2/c1-11-16(26-17(22)18-11)27(23,24)20-8-6-19(7-9-20)15(21)14-10-12-4-2-3-5-13(12)25-14/h2-5,10H,6-9H2,1H3,(H,18,22). The first-order valence-electron chi connectivity index (χ1n) is 8.34. The summed E-state index contributed by atoms with van der Waals surface area (Å²) in [6.45, 7) is 2.41. The van der Waals surface area contributed by atoms with Crippen LogP contribution < -0.4 is 4.87 Å². The van der Waals surface area contributed by atoms with Crippen LogP contribution in [0.2, 0.25) is 0 Å². The number of aromatic amines is 1. The Morgan fingerprint density at radius 3 is 2.52 bits per heavy atom. The molecule has 0 atom stereocenters. The third kappa shape index (κ3) is 3.20. The minimum atomic E-state index is -3.75. The molecule has 4 rings (SSSR count).